The number of aliphatic imine (C=N–C) groups is 4. The van der Waals surface area contributed by atoms with Crippen molar-refractivity contribution >= 4 is 74.4 Å². The van der Waals surface area contributed by atoms with E-state index in [1.165, 1.54) is 74.8 Å². The van der Waals surface area contributed by atoms with Crippen molar-refractivity contribution in [3.8, 4) is 0 Å². The van der Waals surface area contributed by atoms with E-state index in [4.69, 9.17) is 11.5 Å². The number of nitrogens with two attached hydrogens (primary N) is 2. The maximum Gasteiger partial charge on any atom is 0.293 e. The monoisotopic (exact) mass is 1380 g/mol. The summed E-state index contributed by atoms with van der Waals surface area (Å²) in [4.78, 5) is 87.2. The summed E-state index contributed by atoms with van der Waals surface area (Å²) in [5, 5.41) is 11.8. The maximum absolute atomic E-state index is 12.1. The smallest absolute Gasteiger partial charge is 0.293 e. The number of fused-ring (bicyclic) bond motifs is 4. The lowest BCUT2D eigenvalue weighted by molar-refractivity contribution is -0.384. The molecule has 0 bridgehead atoms. The number of carbonyl (C=O) groups excluding carboxylic acids is 4. The zero-order valence-corrected chi connectivity index (χ0v) is 59.3. The van der Waals surface area contributed by atoms with E-state index in [9.17, 15) is 29.3 Å². The van der Waals surface area contributed by atoms with Gasteiger partial charge in [0, 0.05) is 154 Å². The van der Waals surface area contributed by atoms with Crippen LogP contribution < -0.4 is 31.1 Å². The van der Waals surface area contributed by atoms with Gasteiger partial charge >= 0.3 is 0 Å². The van der Waals surface area contributed by atoms with Crippen LogP contribution in [0.3, 0.4) is 0 Å². The molecule has 0 amide bonds. The van der Waals surface area contributed by atoms with Crippen molar-refractivity contribution in [1.29, 1.82) is 0 Å². The van der Waals surface area contributed by atoms with Gasteiger partial charge in [0.1, 0.15) is 31.9 Å². The molecule has 4 unspecified atom stereocenters. The van der Waals surface area contributed by atoms with Gasteiger partial charge in [-0.1, -0.05) is 179 Å². The molecule has 8 aromatic rings. The molecule has 8 aliphatic rings. The summed E-state index contributed by atoms with van der Waals surface area (Å²) < 4.78 is 0. The highest BCUT2D eigenvalue weighted by Gasteiger charge is 2.30. The van der Waals surface area contributed by atoms with Crippen LogP contribution in [0.25, 0.3) is 0 Å². The molecule has 0 radical (unpaired) electrons. The number of anilines is 4. The first kappa shape index (κ1) is 71.1. The number of rotatable bonds is 9. The Morgan fingerprint density at radius 2 is 0.709 bits per heavy atom. The highest BCUT2D eigenvalue weighted by atomic mass is 16.6. The van der Waals surface area contributed by atoms with E-state index in [2.05, 4.69) is 121 Å². The Hall–Kier alpha value is -10.4. The van der Waals surface area contributed by atoms with E-state index >= 15 is 0 Å². The lowest BCUT2D eigenvalue weighted by Crippen LogP contribution is -2.36. The summed E-state index contributed by atoms with van der Waals surface area (Å²) in [6, 6.07) is 62.6. The molecule has 17 nitrogen and oxygen atoms in total. The summed E-state index contributed by atoms with van der Waals surface area (Å²) in [6.45, 7) is 12.2. The summed E-state index contributed by atoms with van der Waals surface area (Å²) in [5.41, 5.74) is 30.6. The third-order valence-electron chi connectivity index (χ3n) is 21.1. The quantitative estimate of drug-likeness (QED) is 0.102. The normalized spacial score (nSPS) is 20.4. The fourth-order valence-corrected chi connectivity index (χ4v) is 15.6. The average molecular weight is 1380 g/mol. The van der Waals surface area contributed by atoms with Crippen LogP contribution in [0, 0.1) is 16.0 Å². The van der Waals surface area contributed by atoms with Gasteiger partial charge in [0.2, 0.25) is 0 Å². The second-order valence-electron chi connectivity index (χ2n) is 28.5. The largest absolute Gasteiger partial charge is 0.371 e. The fourth-order valence-electron chi connectivity index (χ4n) is 15.6. The van der Waals surface area contributed by atoms with Crippen LogP contribution in [0.4, 0.5) is 28.4 Å². The summed E-state index contributed by atoms with van der Waals surface area (Å²) in [5.74, 6) is 1.02. The number of nitrogens with zero attached hydrogens (tertiary/aromatic N) is 9. The van der Waals surface area contributed by atoms with Crippen molar-refractivity contribution < 1.29 is 24.1 Å². The van der Waals surface area contributed by atoms with Crippen LogP contribution in [-0.4, -0.2) is 141 Å². The predicted molar refractivity (Wildman–Crippen MR) is 416 cm³/mol. The number of hydrogen-bond donors (Lipinski definition) is 2. The van der Waals surface area contributed by atoms with Gasteiger partial charge in [0.05, 0.1) is 27.8 Å². The lowest BCUT2D eigenvalue weighted by Gasteiger charge is -2.29. The van der Waals surface area contributed by atoms with Gasteiger partial charge in [-0.25, -0.2) is 0 Å². The van der Waals surface area contributed by atoms with Gasteiger partial charge in [-0.15, -0.1) is 0 Å². The zero-order valence-electron chi connectivity index (χ0n) is 59.3. The first-order chi connectivity index (χ1) is 50.2. The molecule has 0 spiro atoms. The van der Waals surface area contributed by atoms with Crippen LogP contribution in [0.5, 0.6) is 0 Å². The minimum absolute atomic E-state index is 0.0161. The third-order valence-corrected chi connectivity index (χ3v) is 21.1. The maximum atomic E-state index is 12.1. The number of carbonyl (C=O) groups is 4. The van der Waals surface area contributed by atoms with E-state index in [1.807, 2.05) is 102 Å². The second kappa shape index (κ2) is 33.2. The number of hydrogen-bond acceptors (Lipinski definition) is 16. The Labute approximate surface area is 604 Å². The predicted octanol–water partition coefficient (Wildman–Crippen LogP) is 14.8. The second-order valence-corrected chi connectivity index (χ2v) is 28.5. The molecule has 0 saturated carbocycles. The van der Waals surface area contributed by atoms with E-state index in [1.54, 1.807) is 18.2 Å². The lowest BCUT2D eigenvalue weighted by atomic mass is 9.92. The molecular formula is C86H93N11O6. The molecule has 4 atom stereocenters. The minimum atomic E-state index is -0.351. The van der Waals surface area contributed by atoms with E-state index < -0.39 is 0 Å². The number of nitro groups is 1. The average Bonchev–Trinajstić information content (AvgIpc) is 0.828. The number of Topliss-reactive ketones (excluding diaryl/α,β-unsaturated/α-hetero) is 4. The van der Waals surface area contributed by atoms with Gasteiger partial charge in [-0.2, -0.15) is 0 Å². The molecule has 528 valence electrons. The van der Waals surface area contributed by atoms with E-state index in [-0.39, 0.29) is 72.0 Å². The molecule has 17 heteroatoms. The zero-order chi connectivity index (χ0) is 71.3. The van der Waals surface area contributed by atoms with Crippen LogP contribution in [0.1, 0.15) is 183 Å². The van der Waals surface area contributed by atoms with Gasteiger partial charge < -0.3 is 31.1 Å². The Balaban J connectivity index is 0.000000122. The molecule has 4 N–H and O–H groups in total. The molecule has 0 aromatic heterocycles. The summed E-state index contributed by atoms with van der Waals surface area (Å²) in [7, 11) is 0. The van der Waals surface area contributed by atoms with Crippen molar-refractivity contribution in [2.75, 3.05) is 91.6 Å². The molecule has 103 heavy (non-hydrogen) atoms. The molecule has 8 aromatic carbocycles. The van der Waals surface area contributed by atoms with Crippen molar-refractivity contribution in [3.05, 3.63) is 265 Å². The van der Waals surface area contributed by atoms with Crippen molar-refractivity contribution in [3.63, 3.8) is 0 Å². The molecule has 0 aliphatic carbocycles. The Morgan fingerprint density at radius 1 is 0.369 bits per heavy atom. The number of benzene rings is 8. The van der Waals surface area contributed by atoms with Crippen molar-refractivity contribution in [1.82, 2.24) is 0 Å². The fraction of sp³-hybridized carbons (Fsp3) is 0.349. The molecule has 16 rings (SSSR count). The van der Waals surface area contributed by atoms with Gasteiger partial charge in [0.25, 0.3) is 5.69 Å². The first-order valence-corrected chi connectivity index (χ1v) is 37.0. The molecule has 8 heterocycles. The molecule has 4 saturated heterocycles. The van der Waals surface area contributed by atoms with Gasteiger partial charge in [-0.3, -0.25) is 49.3 Å². The van der Waals surface area contributed by atoms with Crippen LogP contribution in [0.2, 0.25) is 0 Å². The molecular weight excluding hydrogens is 1280 g/mol. The van der Waals surface area contributed by atoms with E-state index in [0.29, 0.717) is 35.1 Å². The van der Waals surface area contributed by atoms with Crippen LogP contribution >= 0.6 is 0 Å². The SMILES string of the molecule is CC1CCCCCN1c1ccc(C2=NCC(=O)c3ccccc32)cc1.CC1CCCCN(c2ccc(C3=NCC(=O)c4ccccc43)cc2)C1.NC1CCCCN(c2ccc(C3=NCC(=O)c4ccccc43)cc2)C1.NC1CCCCN(c2ccc(C3=NCC(=O)c4ccccc43)cc2[N+](=O)[O-])C1. The van der Waals surface area contributed by atoms with Crippen molar-refractivity contribution in [2.24, 2.45) is 37.4 Å². The highest BCUT2D eigenvalue weighted by molar-refractivity contribution is 6.24. The van der Waals surface area contributed by atoms with E-state index in [0.717, 1.165) is 144 Å². The molecule has 4 fully saturated rings. The topological polar surface area (TPSA) is 226 Å². The minimum Gasteiger partial charge on any atom is -0.371 e. The summed E-state index contributed by atoms with van der Waals surface area (Å²) in [6.07, 6.45) is 15.6. The van der Waals surface area contributed by atoms with Crippen LogP contribution in [0.15, 0.2) is 208 Å². The number of nitro benzene ring substituents is 1. The highest BCUT2D eigenvalue weighted by Crippen LogP contribution is 2.35. The molecule has 8 aliphatic heterocycles. The Kier molecular flexibility index (Phi) is 22.9. The van der Waals surface area contributed by atoms with Gasteiger partial charge in [-0.05, 0) is 107 Å². The van der Waals surface area contributed by atoms with Crippen LogP contribution in [-0.2, 0) is 0 Å². The summed E-state index contributed by atoms with van der Waals surface area (Å²) >= 11 is 0. The Bertz CT molecular complexity index is 4400. The Morgan fingerprint density at radius 3 is 1.14 bits per heavy atom. The third kappa shape index (κ3) is 16.8. The first-order valence-electron chi connectivity index (χ1n) is 37.0. The van der Waals surface area contributed by atoms with Gasteiger partial charge in [0.15, 0.2) is 23.1 Å². The number of ketones is 4. The standard InChI is InChI=1S/2C22H24N2O.C21H22N4O3.C21H23N3O/c1-16-6-4-5-13-24(15-16)18-11-9-17(10-12-18)22-20-8-3-2-7-19(20)21(25)14-23-22;1-16-7-3-2-6-14-24(16)18-12-10-17(11-13-18)22-20-9-5-4-8-19(20)21(25)15-23-22;22-15-5-3-4-10-24(13-15)18-9-8-14(11-19(18)25(27)28)21-17-7-2-1-6-16(17)20(26)12-23-21;22-16-5-3-4-12-24(14-16)17-10-8-15(9-11-17)21-19-7-2-1-6-18(19)20(25)13-23-21/h2-3,7-12,16H,4-6,13-15H2,1H3;4-5,8-13,16H,2-3,6-7,14-15H2,1H3;1-2,6-9,11,15H,3-5,10,12-13,22H2;1-2,6-11,16H,3-5,12-14,22H2. The van der Waals surface area contributed by atoms with Crippen molar-refractivity contribution in [2.45, 2.75) is 115 Å².